The molecule has 1 aliphatic heterocycles. The third-order valence-corrected chi connectivity index (χ3v) is 5.40. The standard InChI is InChI=1S/C20H16ClF2N3O2/c1-25-5-7-26(8-6-25)18-13(22)9-11(10-14(18)23)15-16(21)20(28)17-12(19(15)27)3-2-4-24-17/h2-4,9-10H,5-8H2,1H3. The van der Waals surface area contributed by atoms with Crippen LogP contribution in [0.25, 0.3) is 5.57 Å². The van der Waals surface area contributed by atoms with Crippen LogP contribution < -0.4 is 4.90 Å². The first-order chi connectivity index (χ1) is 13.4. The zero-order valence-electron chi connectivity index (χ0n) is 15.0. The predicted octanol–water partition coefficient (Wildman–Crippen LogP) is 3.14. The van der Waals surface area contributed by atoms with E-state index in [0.29, 0.717) is 26.2 Å². The number of fused-ring (bicyclic) bond motifs is 1. The van der Waals surface area contributed by atoms with Gasteiger partial charge < -0.3 is 9.80 Å². The van der Waals surface area contributed by atoms with Crippen LogP contribution >= 0.6 is 11.6 Å². The Hall–Kier alpha value is -2.64. The van der Waals surface area contributed by atoms with Crippen molar-refractivity contribution in [1.29, 1.82) is 0 Å². The van der Waals surface area contributed by atoms with Gasteiger partial charge in [0.05, 0.1) is 11.1 Å². The number of pyridine rings is 1. The number of rotatable bonds is 2. The van der Waals surface area contributed by atoms with Crippen LogP contribution in [0.1, 0.15) is 26.4 Å². The number of halogens is 3. The molecule has 2 aromatic rings. The molecule has 0 spiro atoms. The first kappa shape index (κ1) is 18.7. The van der Waals surface area contributed by atoms with Crippen LogP contribution in [0, 0.1) is 11.6 Å². The summed E-state index contributed by atoms with van der Waals surface area (Å²) in [6, 6.07) is 5.07. The maximum absolute atomic E-state index is 14.8. The molecule has 1 fully saturated rings. The van der Waals surface area contributed by atoms with Crippen molar-refractivity contribution in [1.82, 2.24) is 9.88 Å². The Kier molecular flexibility index (Phi) is 4.72. The fraction of sp³-hybridized carbons (Fsp3) is 0.250. The van der Waals surface area contributed by atoms with Crippen molar-refractivity contribution in [2.75, 3.05) is 38.1 Å². The molecule has 8 heteroatoms. The molecule has 0 amide bonds. The van der Waals surface area contributed by atoms with E-state index in [4.69, 9.17) is 11.6 Å². The average Bonchev–Trinajstić information content (AvgIpc) is 2.67. The number of likely N-dealkylation sites (N-methyl/N-ethyl adjacent to an activating group) is 1. The molecular weight excluding hydrogens is 388 g/mol. The van der Waals surface area contributed by atoms with Gasteiger partial charge in [0.1, 0.15) is 28.0 Å². The van der Waals surface area contributed by atoms with Crippen molar-refractivity contribution in [2.24, 2.45) is 0 Å². The monoisotopic (exact) mass is 403 g/mol. The molecule has 5 nitrogen and oxygen atoms in total. The van der Waals surface area contributed by atoms with E-state index in [-0.39, 0.29) is 33.1 Å². The van der Waals surface area contributed by atoms with E-state index in [2.05, 4.69) is 9.88 Å². The molecular formula is C20H16ClF2N3O2. The summed E-state index contributed by atoms with van der Waals surface area (Å²) < 4.78 is 29.7. The Bertz CT molecular complexity index is 1010. The van der Waals surface area contributed by atoms with E-state index in [9.17, 15) is 18.4 Å². The van der Waals surface area contributed by atoms with Crippen LogP contribution in [-0.2, 0) is 0 Å². The van der Waals surface area contributed by atoms with Gasteiger partial charge in [-0.25, -0.2) is 8.78 Å². The Morgan fingerprint density at radius 1 is 1.04 bits per heavy atom. The molecule has 1 aliphatic carbocycles. The number of nitrogens with zero attached hydrogens (tertiary/aromatic N) is 3. The lowest BCUT2D eigenvalue weighted by Gasteiger charge is -2.34. The fourth-order valence-electron chi connectivity index (χ4n) is 3.52. The van der Waals surface area contributed by atoms with Crippen LogP contribution in [0.2, 0.25) is 0 Å². The maximum atomic E-state index is 14.8. The van der Waals surface area contributed by atoms with Crippen LogP contribution in [-0.4, -0.2) is 54.7 Å². The molecule has 0 atom stereocenters. The van der Waals surface area contributed by atoms with E-state index in [0.717, 1.165) is 12.1 Å². The lowest BCUT2D eigenvalue weighted by Crippen LogP contribution is -2.45. The topological polar surface area (TPSA) is 53.5 Å². The lowest BCUT2D eigenvalue weighted by molar-refractivity contribution is 0.0994. The van der Waals surface area contributed by atoms with Gasteiger partial charge in [0.15, 0.2) is 5.78 Å². The minimum absolute atomic E-state index is 0.0590. The molecule has 0 saturated carbocycles. The van der Waals surface area contributed by atoms with Crippen LogP contribution in [0.3, 0.4) is 0 Å². The molecule has 0 N–H and O–H groups in total. The molecule has 1 aromatic carbocycles. The smallest absolute Gasteiger partial charge is 0.224 e. The van der Waals surface area contributed by atoms with Crippen LogP contribution in [0.4, 0.5) is 14.5 Å². The largest absolute Gasteiger partial charge is 0.364 e. The van der Waals surface area contributed by atoms with Crippen molar-refractivity contribution in [3.8, 4) is 0 Å². The second-order valence-corrected chi connectivity index (χ2v) is 7.20. The number of anilines is 1. The number of benzene rings is 1. The van der Waals surface area contributed by atoms with E-state index in [1.807, 2.05) is 7.05 Å². The van der Waals surface area contributed by atoms with Crippen molar-refractivity contribution >= 4 is 34.4 Å². The summed E-state index contributed by atoms with van der Waals surface area (Å²) in [6.45, 7) is 2.36. The molecule has 0 unspecified atom stereocenters. The van der Waals surface area contributed by atoms with Gasteiger partial charge in [-0.15, -0.1) is 0 Å². The molecule has 4 rings (SSSR count). The zero-order valence-corrected chi connectivity index (χ0v) is 15.8. The number of carbonyl (C=O) groups excluding carboxylic acids is 2. The summed E-state index contributed by atoms with van der Waals surface area (Å²) in [5.74, 6) is -2.82. The number of aromatic nitrogens is 1. The highest BCUT2D eigenvalue weighted by atomic mass is 35.5. The quantitative estimate of drug-likeness (QED) is 0.771. The number of allylic oxidation sites excluding steroid dienone is 2. The molecule has 1 aromatic heterocycles. The number of hydrogen-bond donors (Lipinski definition) is 0. The Balaban J connectivity index is 1.77. The minimum Gasteiger partial charge on any atom is -0.364 e. The number of carbonyl (C=O) groups is 2. The fourth-order valence-corrected chi connectivity index (χ4v) is 3.81. The molecule has 0 bridgehead atoms. The summed E-state index contributed by atoms with van der Waals surface area (Å²) in [5.41, 5.74) is -0.405. The van der Waals surface area contributed by atoms with Crippen molar-refractivity contribution in [3.05, 3.63) is 63.9 Å². The summed E-state index contributed by atoms with van der Waals surface area (Å²) in [4.78, 5) is 32.9. The van der Waals surface area contributed by atoms with Crippen molar-refractivity contribution < 1.29 is 18.4 Å². The molecule has 28 heavy (non-hydrogen) atoms. The first-order valence-corrected chi connectivity index (χ1v) is 9.13. The Labute approximate surface area is 165 Å². The molecule has 0 radical (unpaired) electrons. The predicted molar refractivity (Wildman–Crippen MR) is 102 cm³/mol. The van der Waals surface area contributed by atoms with Gasteiger partial charge in [0.25, 0.3) is 0 Å². The number of Topliss-reactive ketones (excluding diaryl/α,β-unsaturated/α-hetero) is 2. The second-order valence-electron chi connectivity index (χ2n) is 6.83. The van der Waals surface area contributed by atoms with E-state index < -0.39 is 23.2 Å². The summed E-state index contributed by atoms with van der Waals surface area (Å²) in [5, 5.41) is -0.387. The normalized spacial score (nSPS) is 17.9. The number of hydrogen-bond acceptors (Lipinski definition) is 5. The molecule has 1 saturated heterocycles. The van der Waals surface area contributed by atoms with Crippen LogP contribution in [0.5, 0.6) is 0 Å². The summed E-state index contributed by atoms with van der Waals surface area (Å²) >= 11 is 6.11. The SMILES string of the molecule is CN1CCN(c2c(F)cc(C3=C(Cl)C(=O)c4ncccc4C3=O)cc2F)CC1. The number of ketones is 2. The molecule has 144 valence electrons. The van der Waals surface area contributed by atoms with Crippen molar-refractivity contribution in [2.45, 2.75) is 0 Å². The van der Waals surface area contributed by atoms with E-state index in [1.165, 1.54) is 18.3 Å². The van der Waals surface area contributed by atoms with Gasteiger partial charge in [-0.3, -0.25) is 14.6 Å². The van der Waals surface area contributed by atoms with Gasteiger partial charge in [0, 0.05) is 32.4 Å². The highest BCUT2D eigenvalue weighted by Crippen LogP contribution is 2.36. The zero-order chi connectivity index (χ0) is 20.0. The molecule has 2 aliphatic rings. The summed E-state index contributed by atoms with van der Waals surface area (Å²) in [6.07, 6.45) is 1.38. The van der Waals surface area contributed by atoms with Gasteiger partial charge in [-0.1, -0.05) is 11.6 Å². The Morgan fingerprint density at radius 3 is 2.32 bits per heavy atom. The first-order valence-electron chi connectivity index (χ1n) is 8.75. The highest BCUT2D eigenvalue weighted by Gasteiger charge is 2.34. The lowest BCUT2D eigenvalue weighted by atomic mass is 9.88. The third kappa shape index (κ3) is 3.00. The van der Waals surface area contributed by atoms with Crippen molar-refractivity contribution in [3.63, 3.8) is 0 Å². The average molecular weight is 404 g/mol. The second kappa shape index (κ2) is 7.07. The van der Waals surface area contributed by atoms with Gasteiger partial charge >= 0.3 is 0 Å². The van der Waals surface area contributed by atoms with Gasteiger partial charge in [-0.05, 0) is 36.9 Å². The Morgan fingerprint density at radius 2 is 1.68 bits per heavy atom. The minimum atomic E-state index is -0.797. The third-order valence-electron chi connectivity index (χ3n) is 5.04. The number of piperazine rings is 1. The summed E-state index contributed by atoms with van der Waals surface area (Å²) in [7, 11) is 1.94. The van der Waals surface area contributed by atoms with E-state index >= 15 is 0 Å². The van der Waals surface area contributed by atoms with Gasteiger partial charge in [-0.2, -0.15) is 0 Å². The highest BCUT2D eigenvalue weighted by molar-refractivity contribution is 6.56. The molecule has 2 heterocycles. The van der Waals surface area contributed by atoms with E-state index in [1.54, 1.807) is 4.90 Å². The van der Waals surface area contributed by atoms with Crippen LogP contribution in [0.15, 0.2) is 35.5 Å². The van der Waals surface area contributed by atoms with Gasteiger partial charge in [0.2, 0.25) is 5.78 Å². The maximum Gasteiger partial charge on any atom is 0.224 e.